The van der Waals surface area contributed by atoms with E-state index in [4.69, 9.17) is 0 Å². The summed E-state index contributed by atoms with van der Waals surface area (Å²) in [7, 11) is 0. The van der Waals surface area contributed by atoms with Gasteiger partial charge < -0.3 is 15.1 Å². The second-order valence-electron chi connectivity index (χ2n) is 9.13. The lowest BCUT2D eigenvalue weighted by molar-refractivity contribution is -0.136. The van der Waals surface area contributed by atoms with Crippen molar-refractivity contribution < 1.29 is 9.59 Å². The summed E-state index contributed by atoms with van der Waals surface area (Å²) in [5.74, 6) is -0.183. The molecular weight excluding hydrogens is 410 g/mol. The smallest absolute Gasteiger partial charge is 0.245 e. The molecule has 0 aromatic heterocycles. The third-order valence-electron chi connectivity index (χ3n) is 6.70. The van der Waals surface area contributed by atoms with Crippen molar-refractivity contribution in [2.45, 2.75) is 51.1 Å². The van der Waals surface area contributed by atoms with E-state index >= 15 is 0 Å². The highest BCUT2D eigenvalue weighted by molar-refractivity contribution is 5.95. The number of rotatable bonds is 8. The number of nitrogens with zero attached hydrogens (tertiary/aromatic N) is 2. The summed E-state index contributed by atoms with van der Waals surface area (Å²) in [6, 6.07) is 17.6. The number of likely N-dealkylation sites (tertiary alicyclic amines) is 1. The summed E-state index contributed by atoms with van der Waals surface area (Å²) in [4.78, 5) is 30.6. The lowest BCUT2D eigenvalue weighted by Gasteiger charge is -2.32. The molecule has 2 aliphatic rings. The van der Waals surface area contributed by atoms with Crippen LogP contribution in [0.2, 0.25) is 0 Å². The summed E-state index contributed by atoms with van der Waals surface area (Å²) in [6.07, 6.45) is 9.60. The maximum atomic E-state index is 13.5. The van der Waals surface area contributed by atoms with Crippen LogP contribution in [0.25, 0.3) is 6.08 Å². The molecule has 2 heterocycles. The van der Waals surface area contributed by atoms with Gasteiger partial charge in [-0.2, -0.15) is 0 Å². The molecule has 174 valence electrons. The minimum absolute atomic E-state index is 0.0320. The van der Waals surface area contributed by atoms with Gasteiger partial charge in [-0.25, -0.2) is 0 Å². The Labute approximate surface area is 197 Å². The minimum Gasteiger partial charge on any atom is -0.341 e. The molecule has 2 aromatic carbocycles. The van der Waals surface area contributed by atoms with Gasteiger partial charge in [-0.1, -0.05) is 61.0 Å². The predicted octanol–water partition coefficient (Wildman–Crippen LogP) is 4.04. The van der Waals surface area contributed by atoms with Crippen molar-refractivity contribution in [3.8, 4) is 0 Å². The molecule has 0 bridgehead atoms. The molecule has 0 aliphatic carbocycles. The van der Waals surface area contributed by atoms with Crippen molar-refractivity contribution in [2.75, 3.05) is 26.2 Å². The maximum Gasteiger partial charge on any atom is 0.245 e. The Kier molecular flexibility index (Phi) is 8.31. The summed E-state index contributed by atoms with van der Waals surface area (Å²) in [6.45, 7) is 4.60. The summed E-state index contributed by atoms with van der Waals surface area (Å²) in [5, 5.41) is 3.01. The Bertz CT molecular complexity index is 951. The molecule has 4 rings (SSSR count). The highest BCUT2D eigenvalue weighted by Crippen LogP contribution is 2.20. The Hall–Kier alpha value is -2.92. The quantitative estimate of drug-likeness (QED) is 0.624. The first kappa shape index (κ1) is 23.2. The standard InChI is InChI=1S/C28H35N3O2/c32-27(16-15-23-10-3-1-4-11-23)29-26(14-9-20-30-18-7-2-8-19-30)28(33)31-21-17-24-12-5-6-13-25(24)22-31/h1,3-6,10-13,15-16,26H,2,7-9,14,17-22H2,(H,29,32)/t26-/m0/s1. The van der Waals surface area contributed by atoms with Gasteiger partial charge in [0, 0.05) is 19.2 Å². The Morgan fingerprint density at radius 2 is 1.64 bits per heavy atom. The molecule has 0 spiro atoms. The van der Waals surface area contributed by atoms with Crippen LogP contribution in [-0.4, -0.2) is 53.8 Å². The number of piperidine rings is 1. The van der Waals surface area contributed by atoms with Gasteiger partial charge in [0.05, 0.1) is 0 Å². The molecule has 0 unspecified atom stereocenters. The van der Waals surface area contributed by atoms with E-state index in [0.717, 1.165) is 38.0 Å². The van der Waals surface area contributed by atoms with E-state index in [1.54, 1.807) is 6.08 Å². The van der Waals surface area contributed by atoms with Crippen LogP contribution in [-0.2, 0) is 22.6 Å². The molecule has 1 atom stereocenters. The molecule has 33 heavy (non-hydrogen) atoms. The van der Waals surface area contributed by atoms with Crippen molar-refractivity contribution in [1.82, 2.24) is 15.1 Å². The molecule has 2 aliphatic heterocycles. The molecule has 0 radical (unpaired) electrons. The lowest BCUT2D eigenvalue weighted by Crippen LogP contribution is -2.49. The number of carbonyl (C=O) groups is 2. The second kappa shape index (κ2) is 11.8. The number of carbonyl (C=O) groups excluding carboxylic acids is 2. The predicted molar refractivity (Wildman–Crippen MR) is 132 cm³/mol. The summed E-state index contributed by atoms with van der Waals surface area (Å²) < 4.78 is 0. The van der Waals surface area contributed by atoms with Gasteiger partial charge in [0.15, 0.2) is 0 Å². The van der Waals surface area contributed by atoms with E-state index in [-0.39, 0.29) is 11.8 Å². The number of amides is 2. The number of hydrogen-bond donors (Lipinski definition) is 1. The van der Waals surface area contributed by atoms with E-state index in [1.165, 1.54) is 36.5 Å². The van der Waals surface area contributed by atoms with E-state index < -0.39 is 6.04 Å². The van der Waals surface area contributed by atoms with Crippen LogP contribution in [0, 0.1) is 0 Å². The number of nitrogens with one attached hydrogen (secondary N) is 1. The van der Waals surface area contributed by atoms with E-state index in [0.29, 0.717) is 19.5 Å². The third-order valence-corrected chi connectivity index (χ3v) is 6.70. The zero-order chi connectivity index (χ0) is 22.9. The van der Waals surface area contributed by atoms with Gasteiger partial charge >= 0.3 is 0 Å². The Morgan fingerprint density at radius 3 is 2.42 bits per heavy atom. The van der Waals surface area contributed by atoms with Crippen molar-refractivity contribution >= 4 is 17.9 Å². The first-order valence-electron chi connectivity index (χ1n) is 12.3. The normalized spacial score (nSPS) is 17.5. The highest BCUT2D eigenvalue weighted by atomic mass is 16.2. The highest BCUT2D eigenvalue weighted by Gasteiger charge is 2.28. The molecule has 2 aromatic rings. The first-order chi connectivity index (χ1) is 16.2. The van der Waals surface area contributed by atoms with Crippen molar-refractivity contribution in [3.05, 3.63) is 77.4 Å². The Balaban J connectivity index is 1.39. The van der Waals surface area contributed by atoms with Crippen LogP contribution in [0.4, 0.5) is 0 Å². The molecule has 5 nitrogen and oxygen atoms in total. The van der Waals surface area contributed by atoms with Crippen LogP contribution in [0.3, 0.4) is 0 Å². The van der Waals surface area contributed by atoms with Crippen molar-refractivity contribution in [3.63, 3.8) is 0 Å². The van der Waals surface area contributed by atoms with Gasteiger partial charge in [0.1, 0.15) is 6.04 Å². The molecule has 1 N–H and O–H groups in total. The molecular formula is C28H35N3O2. The summed E-state index contributed by atoms with van der Waals surface area (Å²) >= 11 is 0. The number of hydrogen-bond acceptors (Lipinski definition) is 3. The van der Waals surface area contributed by atoms with Crippen molar-refractivity contribution in [1.29, 1.82) is 0 Å². The van der Waals surface area contributed by atoms with Gasteiger partial charge in [0.25, 0.3) is 0 Å². The van der Waals surface area contributed by atoms with Crippen LogP contribution in [0.15, 0.2) is 60.7 Å². The van der Waals surface area contributed by atoms with Crippen molar-refractivity contribution in [2.24, 2.45) is 0 Å². The van der Waals surface area contributed by atoms with E-state index in [1.807, 2.05) is 41.3 Å². The van der Waals surface area contributed by atoms with Crippen LogP contribution < -0.4 is 5.32 Å². The molecule has 0 saturated carbocycles. The molecule has 1 saturated heterocycles. The fourth-order valence-electron chi connectivity index (χ4n) is 4.82. The zero-order valence-corrected chi connectivity index (χ0v) is 19.4. The third kappa shape index (κ3) is 6.78. The first-order valence-corrected chi connectivity index (χ1v) is 12.3. The van der Waals surface area contributed by atoms with Crippen LogP contribution in [0.5, 0.6) is 0 Å². The summed E-state index contributed by atoms with van der Waals surface area (Å²) in [5.41, 5.74) is 3.49. The van der Waals surface area contributed by atoms with Gasteiger partial charge in [0.2, 0.25) is 11.8 Å². The monoisotopic (exact) mass is 445 g/mol. The maximum absolute atomic E-state index is 13.5. The van der Waals surface area contributed by atoms with E-state index in [9.17, 15) is 9.59 Å². The number of benzene rings is 2. The number of fused-ring (bicyclic) bond motifs is 1. The topological polar surface area (TPSA) is 52.7 Å². The lowest BCUT2D eigenvalue weighted by atomic mass is 9.98. The van der Waals surface area contributed by atoms with Gasteiger partial charge in [-0.15, -0.1) is 0 Å². The van der Waals surface area contributed by atoms with Gasteiger partial charge in [-0.05, 0) is 74.5 Å². The Morgan fingerprint density at radius 1 is 0.909 bits per heavy atom. The van der Waals surface area contributed by atoms with Crippen LogP contribution in [0.1, 0.15) is 48.8 Å². The largest absolute Gasteiger partial charge is 0.341 e. The average molecular weight is 446 g/mol. The van der Waals surface area contributed by atoms with Crippen LogP contribution >= 0.6 is 0 Å². The molecule has 2 amide bonds. The van der Waals surface area contributed by atoms with E-state index in [2.05, 4.69) is 28.4 Å². The second-order valence-corrected chi connectivity index (χ2v) is 9.13. The average Bonchev–Trinajstić information content (AvgIpc) is 2.87. The fourth-order valence-corrected chi connectivity index (χ4v) is 4.82. The molecule has 5 heteroatoms. The minimum atomic E-state index is -0.493. The SMILES string of the molecule is O=C(C=Cc1ccccc1)N[C@@H](CCCN1CCCCC1)C(=O)N1CCc2ccccc2C1. The van der Waals surface area contributed by atoms with Gasteiger partial charge in [-0.3, -0.25) is 9.59 Å². The fraction of sp³-hybridized carbons (Fsp3) is 0.429. The zero-order valence-electron chi connectivity index (χ0n) is 19.4. The molecule has 1 fully saturated rings.